The van der Waals surface area contributed by atoms with Crippen LogP contribution in [0.3, 0.4) is 0 Å². The predicted octanol–water partition coefficient (Wildman–Crippen LogP) is 1.48. The number of methoxy groups -OCH3 is 1. The highest BCUT2D eigenvalue weighted by molar-refractivity contribution is 4.62. The molecule has 0 aliphatic carbocycles. The van der Waals surface area contributed by atoms with E-state index in [0.717, 1.165) is 6.42 Å². The first-order chi connectivity index (χ1) is 4.22. The largest absolute Gasteiger partial charge is 0.367 e. The van der Waals surface area contributed by atoms with Gasteiger partial charge in [-0.05, 0) is 20.4 Å². The summed E-state index contributed by atoms with van der Waals surface area (Å²) >= 11 is 0. The van der Waals surface area contributed by atoms with Gasteiger partial charge in [0, 0.05) is 13.7 Å². The van der Waals surface area contributed by atoms with Crippen molar-refractivity contribution in [3.8, 4) is 0 Å². The maximum absolute atomic E-state index is 5.06. The summed E-state index contributed by atoms with van der Waals surface area (Å²) < 4.78 is 5.06. The van der Waals surface area contributed by atoms with Gasteiger partial charge in [0.2, 0.25) is 0 Å². The van der Waals surface area contributed by atoms with Crippen LogP contribution in [0, 0.1) is 6.54 Å². The summed E-state index contributed by atoms with van der Waals surface area (Å²) in [5, 5.41) is 0. The Hall–Kier alpha value is -0.0800. The number of hydrogen-bond donors (Lipinski definition) is 0. The number of hydrogen-bond acceptors (Lipinski definition) is 2. The third-order valence-electron chi connectivity index (χ3n) is 1.39. The first-order valence-corrected chi connectivity index (χ1v) is 3.30. The highest BCUT2D eigenvalue weighted by Gasteiger charge is 2.04. The fraction of sp³-hybridized carbons (Fsp3) is 0.857. The monoisotopic (exact) mass is 130 g/mol. The van der Waals surface area contributed by atoms with Crippen LogP contribution in [0.1, 0.15) is 20.3 Å². The molecule has 9 heavy (non-hydrogen) atoms. The van der Waals surface area contributed by atoms with Crippen molar-refractivity contribution in [2.45, 2.75) is 26.5 Å². The number of ether oxygens (including phenoxy) is 1. The van der Waals surface area contributed by atoms with Gasteiger partial charge < -0.3 is 4.74 Å². The van der Waals surface area contributed by atoms with E-state index in [1.165, 1.54) is 0 Å². The SMILES string of the molecule is CC[CH]N(C)C(C)OC. The molecule has 1 atom stereocenters. The molecule has 0 aromatic rings. The van der Waals surface area contributed by atoms with E-state index in [4.69, 9.17) is 4.74 Å². The molecule has 0 aromatic heterocycles. The summed E-state index contributed by atoms with van der Waals surface area (Å²) in [7, 11) is 3.72. The van der Waals surface area contributed by atoms with Crippen LogP contribution < -0.4 is 0 Å². The first kappa shape index (κ1) is 8.92. The molecule has 0 N–H and O–H groups in total. The van der Waals surface area contributed by atoms with Crippen molar-refractivity contribution in [1.82, 2.24) is 4.90 Å². The Morgan fingerprint density at radius 2 is 2.22 bits per heavy atom. The van der Waals surface area contributed by atoms with E-state index < -0.39 is 0 Å². The molecule has 55 valence electrons. The van der Waals surface area contributed by atoms with Crippen LogP contribution in [0.4, 0.5) is 0 Å². The van der Waals surface area contributed by atoms with Gasteiger partial charge in [0.25, 0.3) is 0 Å². The van der Waals surface area contributed by atoms with Crippen LogP contribution in [0.15, 0.2) is 0 Å². The van der Waals surface area contributed by atoms with Gasteiger partial charge in [-0.3, -0.25) is 4.90 Å². The highest BCUT2D eigenvalue weighted by Crippen LogP contribution is 1.99. The van der Waals surface area contributed by atoms with Crippen molar-refractivity contribution in [2.75, 3.05) is 14.2 Å². The summed E-state index contributed by atoms with van der Waals surface area (Å²) in [5.41, 5.74) is 0. The third-order valence-corrected chi connectivity index (χ3v) is 1.39. The fourth-order valence-electron chi connectivity index (χ4n) is 0.603. The smallest absolute Gasteiger partial charge is 0.107 e. The second kappa shape index (κ2) is 4.77. The fourth-order valence-corrected chi connectivity index (χ4v) is 0.603. The van der Waals surface area contributed by atoms with Crippen LogP contribution in [0.2, 0.25) is 0 Å². The Morgan fingerprint density at radius 1 is 1.67 bits per heavy atom. The molecule has 2 heteroatoms. The van der Waals surface area contributed by atoms with Crippen molar-refractivity contribution in [3.05, 3.63) is 6.54 Å². The number of rotatable bonds is 4. The first-order valence-electron chi connectivity index (χ1n) is 3.30. The molecule has 0 aliphatic heterocycles. The van der Waals surface area contributed by atoms with Gasteiger partial charge in [0.05, 0.1) is 0 Å². The second-order valence-electron chi connectivity index (χ2n) is 2.09. The van der Waals surface area contributed by atoms with E-state index in [1.807, 2.05) is 14.0 Å². The molecule has 0 aliphatic rings. The minimum Gasteiger partial charge on any atom is -0.367 e. The number of nitrogens with zero attached hydrogens (tertiary/aromatic N) is 1. The van der Waals surface area contributed by atoms with Crippen molar-refractivity contribution in [3.63, 3.8) is 0 Å². The minimum atomic E-state index is 0.199. The predicted molar refractivity (Wildman–Crippen MR) is 38.8 cm³/mol. The zero-order valence-electron chi connectivity index (χ0n) is 6.72. The molecule has 0 fully saturated rings. The zero-order chi connectivity index (χ0) is 7.28. The zero-order valence-corrected chi connectivity index (χ0v) is 6.72. The lowest BCUT2D eigenvalue weighted by atomic mass is 10.4. The quantitative estimate of drug-likeness (QED) is 0.534. The van der Waals surface area contributed by atoms with Gasteiger partial charge in [-0.15, -0.1) is 0 Å². The lowest BCUT2D eigenvalue weighted by Crippen LogP contribution is -2.27. The van der Waals surface area contributed by atoms with Gasteiger partial charge in [-0.1, -0.05) is 6.92 Å². The molecule has 0 saturated carbocycles. The van der Waals surface area contributed by atoms with Crippen molar-refractivity contribution < 1.29 is 4.74 Å². The van der Waals surface area contributed by atoms with E-state index in [0.29, 0.717) is 0 Å². The normalized spacial score (nSPS) is 14.3. The molecule has 1 unspecified atom stereocenters. The van der Waals surface area contributed by atoms with E-state index in [-0.39, 0.29) is 6.23 Å². The van der Waals surface area contributed by atoms with Crippen LogP contribution >= 0.6 is 0 Å². The highest BCUT2D eigenvalue weighted by atomic mass is 16.5. The summed E-state index contributed by atoms with van der Waals surface area (Å²) in [4.78, 5) is 2.06. The lowest BCUT2D eigenvalue weighted by Gasteiger charge is -2.21. The van der Waals surface area contributed by atoms with Gasteiger partial charge in [0.15, 0.2) is 0 Å². The van der Waals surface area contributed by atoms with Crippen molar-refractivity contribution >= 4 is 0 Å². The average Bonchev–Trinajstić information content (AvgIpc) is 1.87. The summed E-state index contributed by atoms with van der Waals surface area (Å²) in [6.45, 7) is 6.24. The standard InChI is InChI=1S/C7H16NO/c1-5-6-8(3)7(2)9-4/h6-7H,5H2,1-4H3. The van der Waals surface area contributed by atoms with Crippen molar-refractivity contribution in [1.29, 1.82) is 0 Å². The van der Waals surface area contributed by atoms with E-state index in [9.17, 15) is 0 Å². The Morgan fingerprint density at radius 3 is 2.56 bits per heavy atom. The second-order valence-corrected chi connectivity index (χ2v) is 2.09. The van der Waals surface area contributed by atoms with E-state index in [2.05, 4.69) is 18.4 Å². The molecule has 0 rings (SSSR count). The Labute approximate surface area is 57.8 Å². The Balaban J connectivity index is 3.32. The maximum atomic E-state index is 5.06. The summed E-state index contributed by atoms with van der Waals surface area (Å²) in [6, 6.07) is 0. The Kier molecular flexibility index (Phi) is 4.72. The van der Waals surface area contributed by atoms with Crippen LogP contribution in [-0.4, -0.2) is 25.3 Å². The molecule has 0 aromatic carbocycles. The van der Waals surface area contributed by atoms with E-state index in [1.54, 1.807) is 7.11 Å². The summed E-state index contributed by atoms with van der Waals surface area (Å²) in [5.74, 6) is 0. The Bertz CT molecular complexity index is 65.9. The molecule has 0 saturated heterocycles. The molecule has 1 radical (unpaired) electrons. The van der Waals surface area contributed by atoms with Gasteiger partial charge in [-0.2, -0.15) is 0 Å². The molecule has 0 amide bonds. The maximum Gasteiger partial charge on any atom is 0.107 e. The third kappa shape index (κ3) is 3.49. The molecular formula is C7H16NO. The van der Waals surface area contributed by atoms with Crippen LogP contribution in [-0.2, 0) is 4.74 Å². The minimum absolute atomic E-state index is 0.199. The molecule has 0 spiro atoms. The molecule has 0 heterocycles. The molecule has 0 bridgehead atoms. The van der Waals surface area contributed by atoms with Gasteiger partial charge in [0.1, 0.15) is 6.23 Å². The van der Waals surface area contributed by atoms with Gasteiger partial charge in [-0.25, -0.2) is 0 Å². The van der Waals surface area contributed by atoms with Crippen LogP contribution in [0.25, 0.3) is 0 Å². The summed E-state index contributed by atoms with van der Waals surface area (Å²) in [6.07, 6.45) is 1.26. The van der Waals surface area contributed by atoms with Gasteiger partial charge >= 0.3 is 0 Å². The van der Waals surface area contributed by atoms with E-state index >= 15 is 0 Å². The topological polar surface area (TPSA) is 12.5 Å². The van der Waals surface area contributed by atoms with Crippen LogP contribution in [0.5, 0.6) is 0 Å². The lowest BCUT2D eigenvalue weighted by molar-refractivity contribution is 0.0119. The molecule has 2 nitrogen and oxygen atoms in total. The average molecular weight is 130 g/mol. The molecular weight excluding hydrogens is 114 g/mol. The van der Waals surface area contributed by atoms with Crippen molar-refractivity contribution in [2.24, 2.45) is 0 Å².